The van der Waals surface area contributed by atoms with Gasteiger partial charge in [0.05, 0.1) is 25.4 Å². The fraction of sp³-hybridized carbons (Fsp3) is 0.409. The van der Waals surface area contributed by atoms with Crippen LogP contribution in [0.4, 0.5) is 0 Å². The lowest BCUT2D eigenvalue weighted by molar-refractivity contribution is 0.0441. The maximum absolute atomic E-state index is 12.4. The second-order valence-corrected chi connectivity index (χ2v) is 7.34. The van der Waals surface area contributed by atoms with Gasteiger partial charge in [-0.05, 0) is 36.5 Å². The van der Waals surface area contributed by atoms with Gasteiger partial charge in [-0.15, -0.1) is 0 Å². The number of aliphatic hydroxyl groups is 1. The number of carbonyl (C=O) groups is 1. The van der Waals surface area contributed by atoms with E-state index in [-0.39, 0.29) is 19.0 Å². The molecule has 0 radical (unpaired) electrons. The topological polar surface area (TPSA) is 72.6 Å². The monoisotopic (exact) mass is 389 g/mol. The van der Waals surface area contributed by atoms with Crippen molar-refractivity contribution in [1.29, 1.82) is 0 Å². The molecule has 2 rings (SSSR count). The molecule has 0 spiro atoms. The van der Waals surface area contributed by atoms with E-state index in [9.17, 15) is 9.90 Å². The zero-order valence-electron chi connectivity index (χ0n) is 15.8. The molecule has 5 heteroatoms. The van der Waals surface area contributed by atoms with Crippen LogP contribution in [0.15, 0.2) is 48.5 Å². The molecular weight excluding hydrogens is 362 g/mol. The average molecular weight is 390 g/mol. The first-order chi connectivity index (χ1) is 13.0. The Kier molecular flexibility index (Phi) is 8.45. The van der Waals surface area contributed by atoms with Crippen LogP contribution in [-0.4, -0.2) is 29.6 Å². The number of ether oxygens (including phenoxy) is 1. The number of halogens is 1. The largest absolute Gasteiger partial charge is 0.394 e. The lowest BCUT2D eigenvalue weighted by Crippen LogP contribution is -2.47. The fourth-order valence-corrected chi connectivity index (χ4v) is 2.94. The number of aryl methyl sites for hydroxylation is 1. The summed E-state index contributed by atoms with van der Waals surface area (Å²) >= 11 is 6.31. The lowest BCUT2D eigenvalue weighted by Gasteiger charge is -2.25. The van der Waals surface area contributed by atoms with Gasteiger partial charge in [0.15, 0.2) is 5.78 Å². The zero-order chi connectivity index (χ0) is 19.7. The molecule has 0 aliphatic carbocycles. The first-order valence-corrected chi connectivity index (χ1v) is 9.68. The third-order valence-corrected chi connectivity index (χ3v) is 5.11. The summed E-state index contributed by atoms with van der Waals surface area (Å²) in [4.78, 5) is 12.4. The Bertz CT molecular complexity index is 730. The van der Waals surface area contributed by atoms with Gasteiger partial charge < -0.3 is 15.6 Å². The van der Waals surface area contributed by atoms with E-state index in [1.54, 1.807) is 12.1 Å². The average Bonchev–Trinajstić information content (AvgIpc) is 2.69. The second-order valence-electron chi connectivity index (χ2n) is 6.94. The standard InChI is InChI=1S/C22H28ClNO3/c1-2-22(24,15-25)16-27-14-19-12-11-18(13-20(19)23)21(26)10-6-9-17-7-4-3-5-8-17/h3-5,7-8,11-13,25H,2,6,9-10,14-16,24H2,1H3. The van der Waals surface area contributed by atoms with Crippen LogP contribution in [0.3, 0.4) is 0 Å². The highest BCUT2D eigenvalue weighted by Gasteiger charge is 2.22. The molecule has 0 aliphatic rings. The van der Waals surface area contributed by atoms with Crippen LogP contribution in [0.2, 0.25) is 5.02 Å². The molecule has 0 aromatic heterocycles. The first-order valence-electron chi connectivity index (χ1n) is 9.30. The van der Waals surface area contributed by atoms with Crippen LogP contribution in [-0.2, 0) is 17.8 Å². The summed E-state index contributed by atoms with van der Waals surface area (Å²) in [6.45, 7) is 2.31. The van der Waals surface area contributed by atoms with Crippen molar-refractivity contribution >= 4 is 17.4 Å². The van der Waals surface area contributed by atoms with E-state index < -0.39 is 5.54 Å². The molecule has 2 aromatic rings. The van der Waals surface area contributed by atoms with Gasteiger partial charge in [-0.1, -0.05) is 61.0 Å². The molecule has 0 aliphatic heterocycles. The number of carbonyl (C=O) groups excluding carboxylic acids is 1. The highest BCUT2D eigenvalue weighted by atomic mass is 35.5. The first kappa shape index (κ1) is 21.6. The van der Waals surface area contributed by atoms with E-state index in [2.05, 4.69) is 12.1 Å². The Morgan fingerprint density at radius 1 is 1.22 bits per heavy atom. The van der Waals surface area contributed by atoms with E-state index in [1.807, 2.05) is 31.2 Å². The molecule has 0 amide bonds. The van der Waals surface area contributed by atoms with Crippen molar-refractivity contribution in [3.05, 3.63) is 70.2 Å². The molecule has 1 atom stereocenters. The highest BCUT2D eigenvalue weighted by molar-refractivity contribution is 6.31. The van der Waals surface area contributed by atoms with Crippen molar-refractivity contribution in [3.8, 4) is 0 Å². The van der Waals surface area contributed by atoms with Crippen LogP contribution in [0, 0.1) is 0 Å². The maximum Gasteiger partial charge on any atom is 0.162 e. The van der Waals surface area contributed by atoms with Crippen LogP contribution in [0.25, 0.3) is 0 Å². The number of nitrogens with two attached hydrogens (primary N) is 1. The number of benzene rings is 2. The van der Waals surface area contributed by atoms with Crippen molar-refractivity contribution in [2.75, 3.05) is 13.2 Å². The number of rotatable bonds is 11. The Morgan fingerprint density at radius 2 is 1.96 bits per heavy atom. The SMILES string of the molecule is CCC(N)(CO)COCc1ccc(C(=O)CCCc2ccccc2)cc1Cl. The van der Waals surface area contributed by atoms with Crippen LogP contribution in [0.1, 0.15) is 47.7 Å². The van der Waals surface area contributed by atoms with Crippen LogP contribution < -0.4 is 5.73 Å². The summed E-state index contributed by atoms with van der Waals surface area (Å²) in [5.41, 5.74) is 7.92. The molecule has 27 heavy (non-hydrogen) atoms. The molecule has 3 N–H and O–H groups in total. The molecule has 1 unspecified atom stereocenters. The number of aliphatic hydroxyl groups excluding tert-OH is 1. The molecule has 0 bridgehead atoms. The van der Waals surface area contributed by atoms with Gasteiger partial charge in [0, 0.05) is 17.0 Å². The number of Topliss-reactive ketones (excluding diaryl/α,β-unsaturated/α-hetero) is 1. The predicted molar refractivity (Wildman–Crippen MR) is 109 cm³/mol. The Hall–Kier alpha value is -1.72. The minimum Gasteiger partial charge on any atom is -0.394 e. The van der Waals surface area contributed by atoms with Crippen molar-refractivity contribution in [1.82, 2.24) is 0 Å². The van der Waals surface area contributed by atoms with Crippen molar-refractivity contribution < 1.29 is 14.6 Å². The molecule has 0 saturated heterocycles. The zero-order valence-corrected chi connectivity index (χ0v) is 16.5. The third-order valence-electron chi connectivity index (χ3n) is 4.75. The van der Waals surface area contributed by atoms with Crippen molar-refractivity contribution in [2.45, 2.75) is 44.8 Å². The minimum absolute atomic E-state index is 0.0903. The molecule has 146 valence electrons. The summed E-state index contributed by atoms with van der Waals surface area (Å²) in [7, 11) is 0. The number of ketones is 1. The molecule has 2 aromatic carbocycles. The smallest absolute Gasteiger partial charge is 0.162 e. The Morgan fingerprint density at radius 3 is 2.59 bits per heavy atom. The lowest BCUT2D eigenvalue weighted by atomic mass is 10.0. The summed E-state index contributed by atoms with van der Waals surface area (Å²) < 4.78 is 5.61. The fourth-order valence-electron chi connectivity index (χ4n) is 2.70. The van der Waals surface area contributed by atoms with Gasteiger partial charge in [0.25, 0.3) is 0 Å². The molecule has 4 nitrogen and oxygen atoms in total. The maximum atomic E-state index is 12.4. The van der Waals surface area contributed by atoms with E-state index in [4.69, 9.17) is 22.1 Å². The normalized spacial score (nSPS) is 13.3. The number of hydrogen-bond acceptors (Lipinski definition) is 4. The van der Waals surface area contributed by atoms with Gasteiger partial charge >= 0.3 is 0 Å². The van der Waals surface area contributed by atoms with E-state index in [0.29, 0.717) is 30.0 Å². The summed E-state index contributed by atoms with van der Waals surface area (Å²) in [6, 6.07) is 15.4. The molecule has 0 saturated carbocycles. The van der Waals surface area contributed by atoms with Crippen molar-refractivity contribution in [2.24, 2.45) is 5.73 Å². The Balaban J connectivity index is 1.85. The van der Waals surface area contributed by atoms with Gasteiger partial charge in [0.1, 0.15) is 0 Å². The third kappa shape index (κ3) is 6.74. The van der Waals surface area contributed by atoms with Gasteiger partial charge in [-0.25, -0.2) is 0 Å². The highest BCUT2D eigenvalue weighted by Crippen LogP contribution is 2.21. The summed E-state index contributed by atoms with van der Waals surface area (Å²) in [5.74, 6) is 0.0903. The quantitative estimate of drug-likeness (QED) is 0.566. The summed E-state index contributed by atoms with van der Waals surface area (Å²) in [5, 5.41) is 9.82. The van der Waals surface area contributed by atoms with Crippen molar-refractivity contribution in [3.63, 3.8) is 0 Å². The number of hydrogen-bond donors (Lipinski definition) is 2. The van der Waals surface area contributed by atoms with E-state index in [0.717, 1.165) is 18.4 Å². The van der Waals surface area contributed by atoms with Gasteiger partial charge in [-0.3, -0.25) is 4.79 Å². The van der Waals surface area contributed by atoms with E-state index in [1.165, 1.54) is 5.56 Å². The minimum atomic E-state index is -0.735. The Labute approximate surface area is 166 Å². The van der Waals surface area contributed by atoms with Gasteiger partial charge in [-0.2, -0.15) is 0 Å². The molecular formula is C22H28ClNO3. The van der Waals surface area contributed by atoms with Crippen LogP contribution >= 0.6 is 11.6 Å². The summed E-state index contributed by atoms with van der Waals surface area (Å²) in [6.07, 6.45) is 2.80. The van der Waals surface area contributed by atoms with E-state index >= 15 is 0 Å². The molecule has 0 fully saturated rings. The second kappa shape index (κ2) is 10.6. The molecule has 0 heterocycles. The van der Waals surface area contributed by atoms with Gasteiger partial charge in [0.2, 0.25) is 0 Å². The predicted octanol–water partition coefficient (Wildman–Crippen LogP) is 4.16. The van der Waals surface area contributed by atoms with Crippen LogP contribution in [0.5, 0.6) is 0 Å².